The van der Waals surface area contributed by atoms with E-state index in [-0.39, 0.29) is 0 Å². The molecule has 0 aliphatic heterocycles. The molecule has 0 atom stereocenters. The highest BCUT2D eigenvalue weighted by atomic mass is 32.2. The zero-order chi connectivity index (χ0) is 17.8. The van der Waals surface area contributed by atoms with Gasteiger partial charge in [-0.1, -0.05) is 6.92 Å². The van der Waals surface area contributed by atoms with Gasteiger partial charge in [-0.2, -0.15) is 5.26 Å². The maximum Gasteiger partial charge on any atom is 0.134 e. The van der Waals surface area contributed by atoms with Crippen molar-refractivity contribution in [2.24, 2.45) is 0 Å². The number of hydrogen-bond donors (Lipinski definition) is 0. The van der Waals surface area contributed by atoms with E-state index in [1.807, 2.05) is 18.7 Å². The van der Waals surface area contributed by atoms with Gasteiger partial charge in [0.05, 0.1) is 16.3 Å². The van der Waals surface area contributed by atoms with E-state index in [2.05, 4.69) is 31.4 Å². The van der Waals surface area contributed by atoms with Crippen LogP contribution < -0.4 is 0 Å². The number of thioether (sulfide) groups is 1. The SMILES string of the molecule is CCCSc1nc(C)c(-c2csc(C(C#N)=C3CCCC3)n2)cc1C. The van der Waals surface area contributed by atoms with Crippen LogP contribution in [0.5, 0.6) is 0 Å². The van der Waals surface area contributed by atoms with Gasteiger partial charge in [-0.15, -0.1) is 23.1 Å². The van der Waals surface area contributed by atoms with E-state index in [9.17, 15) is 5.26 Å². The summed E-state index contributed by atoms with van der Waals surface area (Å²) < 4.78 is 0. The lowest BCUT2D eigenvalue weighted by molar-refractivity contribution is 0.886. The second kappa shape index (κ2) is 8.16. The Balaban J connectivity index is 1.94. The standard InChI is InChI=1S/C20H23N3S2/c1-4-9-24-19-13(2)10-16(14(3)22-19)18-12-25-20(23-18)17(11-21)15-7-5-6-8-15/h10,12H,4-9H2,1-3H3. The van der Waals surface area contributed by atoms with Gasteiger partial charge in [-0.05, 0) is 68.9 Å². The molecular formula is C20H23N3S2. The van der Waals surface area contributed by atoms with Crippen LogP contribution in [0.3, 0.4) is 0 Å². The predicted molar refractivity (Wildman–Crippen MR) is 107 cm³/mol. The van der Waals surface area contributed by atoms with E-state index < -0.39 is 0 Å². The highest BCUT2D eigenvalue weighted by Crippen LogP contribution is 2.35. The van der Waals surface area contributed by atoms with Gasteiger partial charge in [0.1, 0.15) is 11.1 Å². The highest BCUT2D eigenvalue weighted by Gasteiger charge is 2.18. The molecule has 0 N–H and O–H groups in total. The van der Waals surface area contributed by atoms with Gasteiger partial charge in [0.2, 0.25) is 0 Å². The van der Waals surface area contributed by atoms with Crippen LogP contribution in [0.2, 0.25) is 0 Å². The molecule has 2 aromatic rings. The Hall–Kier alpha value is -1.64. The van der Waals surface area contributed by atoms with Crippen LogP contribution in [-0.4, -0.2) is 15.7 Å². The van der Waals surface area contributed by atoms with E-state index >= 15 is 0 Å². The Morgan fingerprint density at radius 3 is 2.72 bits per heavy atom. The number of aryl methyl sites for hydroxylation is 2. The molecule has 1 aliphatic carbocycles. The summed E-state index contributed by atoms with van der Waals surface area (Å²) in [5.41, 5.74) is 6.30. The first-order valence-electron chi connectivity index (χ1n) is 8.83. The third-order valence-corrected chi connectivity index (χ3v) is 6.63. The number of nitrogens with zero attached hydrogens (tertiary/aromatic N) is 3. The maximum atomic E-state index is 9.58. The van der Waals surface area contributed by atoms with Crippen molar-refractivity contribution in [2.45, 2.75) is 57.9 Å². The number of hydrogen-bond acceptors (Lipinski definition) is 5. The molecule has 25 heavy (non-hydrogen) atoms. The average molecular weight is 370 g/mol. The zero-order valence-corrected chi connectivity index (χ0v) is 16.7. The third kappa shape index (κ3) is 3.96. The van der Waals surface area contributed by atoms with E-state index in [0.29, 0.717) is 0 Å². The van der Waals surface area contributed by atoms with E-state index in [0.717, 1.165) is 57.6 Å². The maximum absolute atomic E-state index is 9.58. The third-order valence-electron chi connectivity index (χ3n) is 4.47. The second-order valence-electron chi connectivity index (χ2n) is 6.43. The van der Waals surface area contributed by atoms with Gasteiger partial charge in [-0.3, -0.25) is 0 Å². The van der Waals surface area contributed by atoms with Crippen LogP contribution in [0.25, 0.3) is 16.8 Å². The monoisotopic (exact) mass is 369 g/mol. The molecule has 5 heteroatoms. The first-order valence-corrected chi connectivity index (χ1v) is 10.7. The summed E-state index contributed by atoms with van der Waals surface area (Å²) in [5.74, 6) is 1.09. The molecule has 3 nitrogen and oxygen atoms in total. The molecule has 0 radical (unpaired) electrons. The molecule has 2 heterocycles. The Labute approximate surface area is 158 Å². The Morgan fingerprint density at radius 1 is 1.28 bits per heavy atom. The fraction of sp³-hybridized carbons (Fsp3) is 0.450. The minimum atomic E-state index is 0.797. The number of aromatic nitrogens is 2. The quantitative estimate of drug-likeness (QED) is 0.467. The Morgan fingerprint density at radius 2 is 2.04 bits per heavy atom. The first kappa shape index (κ1) is 18.2. The molecule has 3 rings (SSSR count). The minimum Gasteiger partial charge on any atom is -0.246 e. The summed E-state index contributed by atoms with van der Waals surface area (Å²) in [5, 5.41) is 13.6. The van der Waals surface area contributed by atoms with Crippen molar-refractivity contribution in [2.75, 3.05) is 5.75 Å². The summed E-state index contributed by atoms with van der Waals surface area (Å²) in [7, 11) is 0. The molecular weight excluding hydrogens is 346 g/mol. The van der Waals surface area contributed by atoms with Crippen molar-refractivity contribution >= 4 is 28.7 Å². The lowest BCUT2D eigenvalue weighted by Crippen LogP contribution is -1.95. The van der Waals surface area contributed by atoms with Crippen LogP contribution >= 0.6 is 23.1 Å². The molecule has 0 amide bonds. The van der Waals surface area contributed by atoms with Gasteiger partial charge in [0, 0.05) is 16.6 Å². The largest absolute Gasteiger partial charge is 0.246 e. The van der Waals surface area contributed by atoms with Crippen molar-refractivity contribution in [3.63, 3.8) is 0 Å². The Kier molecular flexibility index (Phi) is 5.93. The first-order chi connectivity index (χ1) is 12.1. The molecule has 130 valence electrons. The molecule has 1 aliphatic rings. The van der Waals surface area contributed by atoms with Crippen LogP contribution in [0.4, 0.5) is 0 Å². The molecule has 0 saturated heterocycles. The fourth-order valence-corrected chi connectivity index (χ4v) is 4.88. The van der Waals surface area contributed by atoms with E-state index in [1.165, 1.54) is 24.0 Å². The summed E-state index contributed by atoms with van der Waals surface area (Å²) in [6.45, 7) is 6.35. The minimum absolute atomic E-state index is 0.797. The van der Waals surface area contributed by atoms with Gasteiger partial charge < -0.3 is 0 Å². The van der Waals surface area contributed by atoms with Gasteiger partial charge in [-0.25, -0.2) is 9.97 Å². The van der Waals surface area contributed by atoms with Gasteiger partial charge in [0.15, 0.2) is 0 Å². The van der Waals surface area contributed by atoms with Crippen molar-refractivity contribution in [3.05, 3.63) is 33.3 Å². The number of rotatable bonds is 5. The normalized spacial score (nSPS) is 13.9. The molecule has 1 fully saturated rings. The average Bonchev–Trinajstić information content (AvgIpc) is 3.28. The molecule has 1 saturated carbocycles. The van der Waals surface area contributed by atoms with Crippen LogP contribution in [-0.2, 0) is 0 Å². The Bertz CT molecular complexity index is 835. The van der Waals surface area contributed by atoms with E-state index in [1.54, 1.807) is 11.3 Å². The van der Waals surface area contributed by atoms with Crippen LogP contribution in [0.15, 0.2) is 22.0 Å². The molecule has 2 aromatic heterocycles. The summed E-state index contributed by atoms with van der Waals surface area (Å²) in [6.07, 6.45) is 5.62. The lowest BCUT2D eigenvalue weighted by atomic mass is 10.1. The smallest absolute Gasteiger partial charge is 0.134 e. The molecule has 0 unspecified atom stereocenters. The van der Waals surface area contributed by atoms with Crippen molar-refractivity contribution < 1.29 is 0 Å². The predicted octanol–water partition coefficient (Wildman–Crippen LogP) is 6.18. The number of thiazole rings is 1. The van der Waals surface area contributed by atoms with Crippen LogP contribution in [0.1, 0.15) is 55.3 Å². The second-order valence-corrected chi connectivity index (χ2v) is 8.37. The van der Waals surface area contributed by atoms with Gasteiger partial charge in [0.25, 0.3) is 0 Å². The van der Waals surface area contributed by atoms with Gasteiger partial charge >= 0.3 is 0 Å². The molecule has 0 spiro atoms. The van der Waals surface area contributed by atoms with E-state index in [4.69, 9.17) is 9.97 Å². The topological polar surface area (TPSA) is 49.6 Å². The summed E-state index contributed by atoms with van der Waals surface area (Å²) in [6, 6.07) is 4.58. The zero-order valence-electron chi connectivity index (χ0n) is 15.1. The summed E-state index contributed by atoms with van der Waals surface area (Å²) in [4.78, 5) is 9.57. The van der Waals surface area contributed by atoms with Crippen molar-refractivity contribution in [3.8, 4) is 17.3 Å². The van der Waals surface area contributed by atoms with Crippen molar-refractivity contribution in [1.29, 1.82) is 5.26 Å². The van der Waals surface area contributed by atoms with Crippen LogP contribution in [0, 0.1) is 25.2 Å². The number of pyridine rings is 1. The van der Waals surface area contributed by atoms with Crippen molar-refractivity contribution in [1.82, 2.24) is 9.97 Å². The highest BCUT2D eigenvalue weighted by molar-refractivity contribution is 7.99. The molecule has 0 bridgehead atoms. The molecule has 0 aromatic carbocycles. The summed E-state index contributed by atoms with van der Waals surface area (Å²) >= 11 is 3.39. The lowest BCUT2D eigenvalue weighted by Gasteiger charge is -2.09. The fourth-order valence-electron chi connectivity index (χ4n) is 3.13. The number of allylic oxidation sites excluding steroid dienone is 2. The number of nitriles is 1.